The van der Waals surface area contributed by atoms with Gasteiger partial charge in [-0.25, -0.2) is 0 Å². The van der Waals surface area contributed by atoms with Gasteiger partial charge in [0.1, 0.15) is 0 Å². The minimum Gasteiger partial charge on any atom is -0.0622 e. The molecule has 4 atom stereocenters. The molecule has 0 spiro atoms. The number of rotatable bonds is 0. The molecule has 0 heterocycles. The Bertz CT molecular complexity index is 108. The molecule has 0 aromatic heterocycles. The predicted octanol–water partition coefficient (Wildman–Crippen LogP) is 2.69. The second-order valence-corrected chi connectivity index (χ2v) is 4.11. The summed E-state index contributed by atoms with van der Waals surface area (Å²) in [5.74, 6) is 4.39. The Morgan fingerprint density at radius 2 is 1.78 bits per heavy atom. The third kappa shape index (κ3) is 0.653. The molecule has 0 radical (unpaired) electrons. The fourth-order valence-electron chi connectivity index (χ4n) is 3.07. The zero-order chi connectivity index (χ0) is 6.43. The zero-order valence-electron chi connectivity index (χ0n) is 6.43. The van der Waals surface area contributed by atoms with Gasteiger partial charge in [0.15, 0.2) is 0 Å². The van der Waals surface area contributed by atoms with Gasteiger partial charge in [-0.15, -0.1) is 0 Å². The van der Waals surface area contributed by atoms with Crippen LogP contribution in [-0.2, 0) is 0 Å². The van der Waals surface area contributed by atoms with Crippen molar-refractivity contribution in [1.82, 2.24) is 0 Å². The van der Waals surface area contributed by atoms with Crippen LogP contribution in [-0.4, -0.2) is 0 Å². The van der Waals surface area contributed by atoms with Crippen LogP contribution in [0.25, 0.3) is 0 Å². The summed E-state index contributed by atoms with van der Waals surface area (Å²) in [6, 6.07) is 0. The van der Waals surface area contributed by atoms with Crippen molar-refractivity contribution in [3.63, 3.8) is 0 Å². The molecule has 9 heavy (non-hydrogen) atoms. The first-order valence-electron chi connectivity index (χ1n) is 4.29. The van der Waals surface area contributed by atoms with Gasteiger partial charge in [-0.3, -0.25) is 0 Å². The first-order chi connectivity index (χ1) is 4.29. The summed E-state index contributed by atoms with van der Waals surface area (Å²) in [5.41, 5.74) is 0. The lowest BCUT2D eigenvalue weighted by molar-refractivity contribution is 0.0890. The van der Waals surface area contributed by atoms with Gasteiger partial charge in [0, 0.05) is 0 Å². The molecule has 0 saturated heterocycles. The zero-order valence-corrected chi connectivity index (χ0v) is 6.43. The van der Waals surface area contributed by atoms with Crippen LogP contribution in [0.2, 0.25) is 0 Å². The lowest BCUT2D eigenvalue weighted by Gasteiger charge is -2.40. The first-order valence-corrected chi connectivity index (χ1v) is 4.29. The monoisotopic (exact) mass is 124 g/mol. The fraction of sp³-hybridized carbons (Fsp3) is 1.00. The SMILES string of the molecule is CC1CC[C@H]2C[C@@H](C)[C@@H]12. The van der Waals surface area contributed by atoms with E-state index in [0.29, 0.717) is 0 Å². The molecule has 0 amide bonds. The van der Waals surface area contributed by atoms with Crippen molar-refractivity contribution in [2.75, 3.05) is 0 Å². The molecular weight excluding hydrogens is 108 g/mol. The van der Waals surface area contributed by atoms with Crippen molar-refractivity contribution >= 4 is 0 Å². The lowest BCUT2D eigenvalue weighted by atomic mass is 9.65. The minimum atomic E-state index is 1.05. The highest BCUT2D eigenvalue weighted by Gasteiger charge is 2.44. The summed E-state index contributed by atoms with van der Waals surface area (Å²) in [5, 5.41) is 0. The maximum Gasteiger partial charge on any atom is -0.0334 e. The van der Waals surface area contributed by atoms with Crippen molar-refractivity contribution in [1.29, 1.82) is 0 Å². The second-order valence-electron chi connectivity index (χ2n) is 4.11. The van der Waals surface area contributed by atoms with Gasteiger partial charge in [0.05, 0.1) is 0 Å². The highest BCUT2D eigenvalue weighted by atomic mass is 14.5. The van der Waals surface area contributed by atoms with Gasteiger partial charge >= 0.3 is 0 Å². The molecule has 2 rings (SSSR count). The van der Waals surface area contributed by atoms with Crippen LogP contribution in [0.3, 0.4) is 0 Å². The molecule has 0 aromatic rings. The summed E-state index contributed by atoms with van der Waals surface area (Å²) in [7, 11) is 0. The van der Waals surface area contributed by atoms with Crippen LogP contribution in [0.5, 0.6) is 0 Å². The Morgan fingerprint density at radius 1 is 1.00 bits per heavy atom. The summed E-state index contributed by atoms with van der Waals surface area (Å²) >= 11 is 0. The van der Waals surface area contributed by atoms with E-state index in [-0.39, 0.29) is 0 Å². The molecule has 0 aromatic carbocycles. The van der Waals surface area contributed by atoms with Crippen molar-refractivity contribution in [2.45, 2.75) is 33.1 Å². The molecule has 0 heteroatoms. The van der Waals surface area contributed by atoms with Crippen LogP contribution < -0.4 is 0 Å². The summed E-state index contributed by atoms with van der Waals surface area (Å²) in [4.78, 5) is 0. The highest BCUT2D eigenvalue weighted by molar-refractivity contribution is 4.94. The van der Waals surface area contributed by atoms with Crippen LogP contribution in [0.1, 0.15) is 33.1 Å². The quantitative estimate of drug-likeness (QED) is 0.465. The summed E-state index contributed by atoms with van der Waals surface area (Å²) < 4.78 is 0. The number of fused-ring (bicyclic) bond motifs is 1. The van der Waals surface area contributed by atoms with Gasteiger partial charge in [-0.2, -0.15) is 0 Å². The van der Waals surface area contributed by atoms with Gasteiger partial charge in [0.25, 0.3) is 0 Å². The van der Waals surface area contributed by atoms with E-state index < -0.39 is 0 Å². The standard InChI is InChI=1S/C9H16/c1-6-3-4-8-5-7(2)9(6)8/h6-9H,3-5H2,1-2H3/t6?,7-,8+,9-/m1/s1. The number of hydrogen-bond acceptors (Lipinski definition) is 0. The molecule has 0 bridgehead atoms. The van der Waals surface area contributed by atoms with E-state index in [2.05, 4.69) is 13.8 Å². The Morgan fingerprint density at radius 3 is 2.22 bits per heavy atom. The van der Waals surface area contributed by atoms with Crippen molar-refractivity contribution < 1.29 is 0 Å². The highest BCUT2D eigenvalue weighted by Crippen LogP contribution is 2.53. The maximum absolute atomic E-state index is 2.43. The van der Waals surface area contributed by atoms with Crippen LogP contribution >= 0.6 is 0 Å². The minimum absolute atomic E-state index is 1.05. The lowest BCUT2D eigenvalue weighted by Crippen LogP contribution is -2.33. The van der Waals surface area contributed by atoms with Gasteiger partial charge in [-0.05, 0) is 36.5 Å². The molecule has 2 fully saturated rings. The first kappa shape index (κ1) is 5.76. The second kappa shape index (κ2) is 1.74. The Labute approximate surface area is 57.6 Å². The summed E-state index contributed by atoms with van der Waals surface area (Å²) in [6.07, 6.45) is 4.59. The topological polar surface area (TPSA) is 0 Å². The van der Waals surface area contributed by atoms with E-state index >= 15 is 0 Å². The molecule has 52 valence electrons. The molecule has 0 nitrogen and oxygen atoms in total. The Balaban J connectivity index is 2.06. The van der Waals surface area contributed by atoms with E-state index in [1.54, 1.807) is 0 Å². The molecule has 0 aliphatic heterocycles. The third-order valence-corrected chi connectivity index (χ3v) is 3.53. The molecule has 1 unspecified atom stereocenters. The maximum atomic E-state index is 2.43. The Hall–Kier alpha value is 0. The van der Waals surface area contributed by atoms with Crippen molar-refractivity contribution in [2.24, 2.45) is 23.7 Å². The molecule has 2 saturated carbocycles. The van der Waals surface area contributed by atoms with Crippen LogP contribution in [0, 0.1) is 23.7 Å². The smallest absolute Gasteiger partial charge is 0.0334 e. The number of hydrogen-bond donors (Lipinski definition) is 0. The fourth-order valence-corrected chi connectivity index (χ4v) is 3.07. The molecular formula is C9H16. The average Bonchev–Trinajstić information content (AvgIpc) is 2.04. The van der Waals surface area contributed by atoms with Crippen LogP contribution in [0.4, 0.5) is 0 Å². The molecule has 2 aliphatic carbocycles. The molecule has 0 N–H and O–H groups in total. The van der Waals surface area contributed by atoms with Crippen molar-refractivity contribution in [3.8, 4) is 0 Å². The van der Waals surface area contributed by atoms with Crippen LogP contribution in [0.15, 0.2) is 0 Å². The average molecular weight is 124 g/mol. The van der Waals surface area contributed by atoms with Gasteiger partial charge in [-0.1, -0.05) is 20.3 Å². The normalized spacial score (nSPS) is 56.7. The largest absolute Gasteiger partial charge is 0.0622 e. The van der Waals surface area contributed by atoms with Crippen molar-refractivity contribution in [3.05, 3.63) is 0 Å². The van der Waals surface area contributed by atoms with Gasteiger partial charge in [0.2, 0.25) is 0 Å². The van der Waals surface area contributed by atoms with E-state index in [9.17, 15) is 0 Å². The summed E-state index contributed by atoms with van der Waals surface area (Å²) in [6.45, 7) is 4.85. The van der Waals surface area contributed by atoms with E-state index in [0.717, 1.165) is 23.7 Å². The predicted molar refractivity (Wildman–Crippen MR) is 39.2 cm³/mol. The van der Waals surface area contributed by atoms with E-state index in [4.69, 9.17) is 0 Å². The third-order valence-electron chi connectivity index (χ3n) is 3.53. The molecule has 2 aliphatic rings. The van der Waals surface area contributed by atoms with Gasteiger partial charge < -0.3 is 0 Å². The van der Waals surface area contributed by atoms with E-state index in [1.165, 1.54) is 19.3 Å². The Kier molecular flexibility index (Phi) is 1.12. The van der Waals surface area contributed by atoms with E-state index in [1.807, 2.05) is 0 Å².